The number of rotatable bonds is 2. The molecule has 0 aliphatic heterocycles. The normalized spacial score (nSPS) is 12.8. The van der Waals surface area contributed by atoms with E-state index in [4.69, 9.17) is 0 Å². The van der Waals surface area contributed by atoms with Gasteiger partial charge in [-0.3, -0.25) is 0 Å². The van der Waals surface area contributed by atoms with Crippen LogP contribution in [0.1, 0.15) is 16.7 Å². The van der Waals surface area contributed by atoms with Gasteiger partial charge in [0.1, 0.15) is 0 Å². The molecule has 0 atom stereocenters. The van der Waals surface area contributed by atoms with Crippen LogP contribution < -0.4 is 0 Å². The van der Waals surface area contributed by atoms with E-state index in [0.717, 1.165) is 11.1 Å². The van der Waals surface area contributed by atoms with Crippen LogP contribution in [0.15, 0.2) is 103 Å². The summed E-state index contributed by atoms with van der Waals surface area (Å²) in [6, 6.07) is 31.0. The van der Waals surface area contributed by atoms with E-state index in [1.54, 1.807) is 0 Å². The molecule has 0 aromatic heterocycles. The fraction of sp³-hybridized carbons (Fsp3) is 0. The Morgan fingerprint density at radius 3 is 1.67 bits per heavy atom. The lowest BCUT2D eigenvalue weighted by atomic mass is 9.81. The smallest absolute Gasteiger partial charge is 0.0406 e. The number of hydrogen-bond acceptors (Lipinski definition) is 0. The van der Waals surface area contributed by atoms with Gasteiger partial charge in [-0.05, 0) is 40.5 Å². The standard InChI is InChI=1S/C24H16/c1-4-10-19(11-5-1)16-17-22-23(20-12-6-2-7-13-20)18-24(22)21-14-8-3-9-15-21/h1-15,18H. The van der Waals surface area contributed by atoms with Crippen molar-refractivity contribution in [3.05, 3.63) is 119 Å². The van der Waals surface area contributed by atoms with Crippen LogP contribution in [0, 0.1) is 11.8 Å². The maximum atomic E-state index is 3.39. The molecule has 0 spiro atoms. The molecular weight excluding hydrogens is 288 g/mol. The first-order valence-corrected chi connectivity index (χ1v) is 8.06. The van der Waals surface area contributed by atoms with Crippen LogP contribution in [-0.2, 0) is 0 Å². The summed E-state index contributed by atoms with van der Waals surface area (Å²) in [7, 11) is 0. The van der Waals surface area contributed by atoms with Crippen molar-refractivity contribution in [2.24, 2.45) is 0 Å². The summed E-state index contributed by atoms with van der Waals surface area (Å²) >= 11 is 0. The molecule has 0 nitrogen and oxygen atoms in total. The Balaban J connectivity index is 1.75. The Morgan fingerprint density at radius 2 is 1.04 bits per heavy atom. The zero-order valence-electron chi connectivity index (χ0n) is 13.2. The molecule has 1 aliphatic carbocycles. The van der Waals surface area contributed by atoms with Crippen molar-refractivity contribution in [1.29, 1.82) is 0 Å². The average Bonchev–Trinajstić information content (AvgIpc) is 2.64. The summed E-state index contributed by atoms with van der Waals surface area (Å²) in [6.07, 6.45) is 2.24. The van der Waals surface area contributed by atoms with Crippen LogP contribution in [0.3, 0.4) is 0 Å². The van der Waals surface area contributed by atoms with E-state index < -0.39 is 0 Å². The molecule has 0 fully saturated rings. The molecule has 0 saturated carbocycles. The quantitative estimate of drug-likeness (QED) is 0.541. The molecule has 1 aliphatic rings. The predicted molar refractivity (Wildman–Crippen MR) is 101 cm³/mol. The van der Waals surface area contributed by atoms with Gasteiger partial charge in [0.2, 0.25) is 0 Å². The van der Waals surface area contributed by atoms with Crippen molar-refractivity contribution in [3.8, 4) is 11.8 Å². The van der Waals surface area contributed by atoms with E-state index in [0.29, 0.717) is 0 Å². The summed E-state index contributed by atoms with van der Waals surface area (Å²) in [4.78, 5) is 0. The second kappa shape index (κ2) is 6.44. The first-order chi connectivity index (χ1) is 11.9. The van der Waals surface area contributed by atoms with E-state index in [2.05, 4.69) is 66.4 Å². The minimum absolute atomic E-state index is 1.04. The van der Waals surface area contributed by atoms with Gasteiger partial charge in [0.05, 0.1) is 0 Å². The van der Waals surface area contributed by atoms with Crippen LogP contribution in [0.2, 0.25) is 0 Å². The lowest BCUT2D eigenvalue weighted by Crippen LogP contribution is -2.02. The van der Waals surface area contributed by atoms with Crippen molar-refractivity contribution in [2.75, 3.05) is 0 Å². The largest absolute Gasteiger partial charge is 0.0622 e. The van der Waals surface area contributed by atoms with Crippen LogP contribution in [0.25, 0.3) is 11.1 Å². The third-order valence-corrected chi connectivity index (χ3v) is 4.10. The monoisotopic (exact) mass is 304 g/mol. The summed E-state index contributed by atoms with van der Waals surface area (Å²) < 4.78 is 0. The minimum atomic E-state index is 1.04. The second-order valence-corrected chi connectivity index (χ2v) is 5.69. The van der Waals surface area contributed by atoms with Crippen molar-refractivity contribution < 1.29 is 0 Å². The van der Waals surface area contributed by atoms with E-state index >= 15 is 0 Å². The fourth-order valence-electron chi connectivity index (χ4n) is 2.84. The molecule has 0 bridgehead atoms. The molecule has 0 heterocycles. The summed E-state index contributed by atoms with van der Waals surface area (Å²) in [5.41, 5.74) is 7.04. The fourth-order valence-corrected chi connectivity index (χ4v) is 2.84. The summed E-state index contributed by atoms with van der Waals surface area (Å²) in [5, 5.41) is 0. The zero-order valence-corrected chi connectivity index (χ0v) is 13.2. The van der Waals surface area contributed by atoms with Gasteiger partial charge in [-0.2, -0.15) is 0 Å². The second-order valence-electron chi connectivity index (χ2n) is 5.69. The number of allylic oxidation sites excluding steroid dienone is 4. The molecule has 0 heteroatoms. The SMILES string of the molecule is C(#Cc1ccccc1)C1=C(c2ccccc2)C=C1c1ccccc1. The first-order valence-electron chi connectivity index (χ1n) is 8.06. The van der Waals surface area contributed by atoms with E-state index in [1.165, 1.54) is 22.3 Å². The lowest BCUT2D eigenvalue weighted by Gasteiger charge is -2.21. The van der Waals surface area contributed by atoms with Gasteiger partial charge >= 0.3 is 0 Å². The minimum Gasteiger partial charge on any atom is -0.0622 e. The molecule has 24 heavy (non-hydrogen) atoms. The van der Waals surface area contributed by atoms with Gasteiger partial charge < -0.3 is 0 Å². The Labute approximate surface area is 142 Å². The maximum Gasteiger partial charge on any atom is 0.0406 e. The summed E-state index contributed by atoms with van der Waals surface area (Å²) in [5.74, 6) is 6.69. The van der Waals surface area contributed by atoms with Gasteiger partial charge in [-0.1, -0.05) is 90.7 Å². The Bertz CT molecular complexity index is 964. The van der Waals surface area contributed by atoms with Crippen LogP contribution in [0.5, 0.6) is 0 Å². The topological polar surface area (TPSA) is 0 Å². The van der Waals surface area contributed by atoms with E-state index in [1.807, 2.05) is 42.5 Å². The van der Waals surface area contributed by atoms with Crippen LogP contribution in [-0.4, -0.2) is 0 Å². The molecule has 3 aromatic rings. The van der Waals surface area contributed by atoms with Crippen molar-refractivity contribution in [1.82, 2.24) is 0 Å². The molecule has 0 amide bonds. The Hall–Kier alpha value is -3.30. The highest BCUT2D eigenvalue weighted by molar-refractivity contribution is 6.08. The zero-order chi connectivity index (χ0) is 16.2. The maximum absolute atomic E-state index is 3.39. The van der Waals surface area contributed by atoms with Gasteiger partial charge in [0.15, 0.2) is 0 Å². The molecule has 112 valence electrons. The highest BCUT2D eigenvalue weighted by Crippen LogP contribution is 2.40. The highest BCUT2D eigenvalue weighted by atomic mass is 14.2. The van der Waals surface area contributed by atoms with Crippen LogP contribution in [0.4, 0.5) is 0 Å². The molecule has 3 aromatic carbocycles. The predicted octanol–water partition coefficient (Wildman–Crippen LogP) is 5.59. The Morgan fingerprint density at radius 1 is 0.500 bits per heavy atom. The molecule has 0 N–H and O–H groups in total. The molecule has 0 radical (unpaired) electrons. The number of benzene rings is 3. The molecular formula is C24H16. The van der Waals surface area contributed by atoms with Crippen LogP contribution >= 0.6 is 0 Å². The van der Waals surface area contributed by atoms with Crippen molar-refractivity contribution in [2.45, 2.75) is 0 Å². The average molecular weight is 304 g/mol. The highest BCUT2D eigenvalue weighted by Gasteiger charge is 2.20. The third-order valence-electron chi connectivity index (χ3n) is 4.10. The molecule has 0 unspecified atom stereocenters. The molecule has 0 saturated heterocycles. The van der Waals surface area contributed by atoms with Gasteiger partial charge in [-0.15, -0.1) is 0 Å². The van der Waals surface area contributed by atoms with Gasteiger partial charge in [0, 0.05) is 11.1 Å². The van der Waals surface area contributed by atoms with Gasteiger partial charge in [0.25, 0.3) is 0 Å². The molecule has 4 rings (SSSR count). The summed E-state index contributed by atoms with van der Waals surface area (Å²) in [6.45, 7) is 0. The van der Waals surface area contributed by atoms with E-state index in [9.17, 15) is 0 Å². The third kappa shape index (κ3) is 2.81. The van der Waals surface area contributed by atoms with Crippen molar-refractivity contribution in [3.63, 3.8) is 0 Å². The first kappa shape index (κ1) is 14.3. The van der Waals surface area contributed by atoms with Gasteiger partial charge in [-0.25, -0.2) is 0 Å². The number of hydrogen-bond donors (Lipinski definition) is 0. The lowest BCUT2D eigenvalue weighted by molar-refractivity contribution is 1.52. The van der Waals surface area contributed by atoms with E-state index in [-0.39, 0.29) is 0 Å². The Kier molecular flexibility index (Phi) is 3.84. The van der Waals surface area contributed by atoms with Crippen molar-refractivity contribution >= 4 is 11.1 Å².